The third kappa shape index (κ3) is 1.86. The molecule has 1 aromatic rings. The Bertz CT molecular complexity index is 345. The van der Waals surface area contributed by atoms with Crippen LogP contribution in [0.3, 0.4) is 0 Å². The topological polar surface area (TPSA) is 43.1 Å². The van der Waals surface area contributed by atoms with Gasteiger partial charge in [-0.3, -0.25) is 0 Å². The lowest BCUT2D eigenvalue weighted by molar-refractivity contribution is 0.588. The molecule has 0 heterocycles. The van der Waals surface area contributed by atoms with Crippen LogP contribution in [0.5, 0.6) is 0 Å². The summed E-state index contributed by atoms with van der Waals surface area (Å²) in [6, 6.07) is 4.17. The smallest absolute Gasteiger partial charge is 0.146 e. The van der Waals surface area contributed by atoms with E-state index in [1.165, 1.54) is 18.2 Å². The van der Waals surface area contributed by atoms with Gasteiger partial charge in [0.05, 0.1) is 5.69 Å². The predicted molar refractivity (Wildman–Crippen MR) is 49.9 cm³/mol. The second-order valence-corrected chi connectivity index (χ2v) is 6.27. The average Bonchev–Trinajstić information content (AvgIpc) is 1.92. The fourth-order valence-electron chi connectivity index (χ4n) is 0.866. The number of hydrogen-bond acceptors (Lipinski definition) is 2. The van der Waals surface area contributed by atoms with Gasteiger partial charge in [-0.15, -0.1) is 0 Å². The van der Waals surface area contributed by atoms with E-state index >= 15 is 0 Å². The Morgan fingerprint density at radius 2 is 2.00 bits per heavy atom. The Hall–Kier alpha value is -0.820. The van der Waals surface area contributed by atoms with Crippen LogP contribution in [0.15, 0.2) is 18.2 Å². The Balaban J connectivity index is 3.23. The van der Waals surface area contributed by atoms with E-state index in [0.717, 1.165) is 0 Å². The lowest BCUT2D eigenvalue weighted by Gasteiger charge is -2.07. The van der Waals surface area contributed by atoms with Gasteiger partial charge in [-0.1, -0.05) is 0 Å². The summed E-state index contributed by atoms with van der Waals surface area (Å²) in [5, 5.41) is 0.612. The first kappa shape index (κ1) is 9.27. The van der Waals surface area contributed by atoms with Crippen molar-refractivity contribution in [3.05, 3.63) is 24.0 Å². The van der Waals surface area contributed by atoms with Gasteiger partial charge in [0, 0.05) is 5.30 Å². The van der Waals surface area contributed by atoms with Crippen molar-refractivity contribution in [1.82, 2.24) is 0 Å². The maximum absolute atomic E-state index is 12.7. The molecular formula is C8H11FNOP. The Morgan fingerprint density at radius 1 is 1.42 bits per heavy atom. The van der Waals surface area contributed by atoms with Gasteiger partial charge in [-0.2, -0.15) is 0 Å². The van der Waals surface area contributed by atoms with Crippen LogP contribution >= 0.6 is 7.14 Å². The SMILES string of the molecule is CP(C)(=O)c1ccc(F)c(N)c1. The molecule has 0 spiro atoms. The second kappa shape index (κ2) is 2.91. The largest absolute Gasteiger partial charge is 0.396 e. The monoisotopic (exact) mass is 187 g/mol. The number of anilines is 1. The molecule has 0 fully saturated rings. The van der Waals surface area contributed by atoms with E-state index in [1.807, 2.05) is 0 Å². The molecule has 1 aromatic carbocycles. The fourth-order valence-corrected chi connectivity index (χ4v) is 1.75. The zero-order valence-corrected chi connectivity index (χ0v) is 7.94. The van der Waals surface area contributed by atoms with E-state index in [0.29, 0.717) is 5.30 Å². The number of nitrogens with two attached hydrogens (primary N) is 1. The zero-order chi connectivity index (χ0) is 9.35. The zero-order valence-electron chi connectivity index (χ0n) is 7.04. The summed E-state index contributed by atoms with van der Waals surface area (Å²) in [6.45, 7) is 3.25. The minimum absolute atomic E-state index is 0.0522. The van der Waals surface area contributed by atoms with Crippen molar-refractivity contribution in [2.45, 2.75) is 0 Å². The molecule has 0 saturated heterocycles. The van der Waals surface area contributed by atoms with E-state index in [2.05, 4.69) is 0 Å². The standard InChI is InChI=1S/C8H11FNOP/c1-12(2,11)6-3-4-7(9)8(10)5-6/h3-5H,10H2,1-2H3. The lowest BCUT2D eigenvalue weighted by Crippen LogP contribution is -2.05. The van der Waals surface area contributed by atoms with E-state index in [1.54, 1.807) is 13.3 Å². The third-order valence-corrected chi connectivity index (χ3v) is 3.12. The third-order valence-electron chi connectivity index (χ3n) is 1.60. The maximum Gasteiger partial charge on any atom is 0.146 e. The summed E-state index contributed by atoms with van der Waals surface area (Å²) in [4.78, 5) is 0. The van der Waals surface area contributed by atoms with Crippen molar-refractivity contribution in [2.75, 3.05) is 19.1 Å². The molecular weight excluding hydrogens is 176 g/mol. The first-order valence-corrected chi connectivity index (χ1v) is 6.12. The summed E-state index contributed by atoms with van der Waals surface area (Å²) in [7, 11) is -2.31. The average molecular weight is 187 g/mol. The molecule has 0 aliphatic carbocycles. The van der Waals surface area contributed by atoms with Crippen LogP contribution in [0.2, 0.25) is 0 Å². The molecule has 66 valence electrons. The summed E-state index contributed by atoms with van der Waals surface area (Å²) < 4.78 is 24.2. The highest BCUT2D eigenvalue weighted by Gasteiger charge is 2.11. The molecule has 0 atom stereocenters. The number of nitrogen functional groups attached to an aromatic ring is 1. The van der Waals surface area contributed by atoms with Crippen LogP contribution in [0.1, 0.15) is 0 Å². The molecule has 4 heteroatoms. The van der Waals surface area contributed by atoms with Gasteiger partial charge in [-0.25, -0.2) is 4.39 Å². The summed E-state index contributed by atoms with van der Waals surface area (Å²) >= 11 is 0. The second-order valence-electron chi connectivity index (χ2n) is 3.06. The van der Waals surface area contributed by atoms with Gasteiger partial charge >= 0.3 is 0 Å². The van der Waals surface area contributed by atoms with Gasteiger partial charge in [0.25, 0.3) is 0 Å². The maximum atomic E-state index is 12.7. The fraction of sp³-hybridized carbons (Fsp3) is 0.250. The van der Waals surface area contributed by atoms with Crippen LogP contribution in [-0.4, -0.2) is 13.3 Å². The van der Waals surface area contributed by atoms with Gasteiger partial charge in [0.15, 0.2) is 0 Å². The summed E-state index contributed by atoms with van der Waals surface area (Å²) in [5.74, 6) is -0.466. The minimum Gasteiger partial charge on any atom is -0.396 e. The first-order valence-electron chi connectivity index (χ1n) is 3.52. The molecule has 2 N–H and O–H groups in total. The normalized spacial score (nSPS) is 11.6. The van der Waals surface area contributed by atoms with Crippen molar-refractivity contribution < 1.29 is 8.96 Å². The summed E-state index contributed by atoms with van der Waals surface area (Å²) in [6.07, 6.45) is 0. The van der Waals surface area contributed by atoms with Crippen molar-refractivity contribution in [1.29, 1.82) is 0 Å². The molecule has 12 heavy (non-hydrogen) atoms. The van der Waals surface area contributed by atoms with Gasteiger partial charge in [-0.05, 0) is 31.5 Å². The molecule has 1 rings (SSSR count). The van der Waals surface area contributed by atoms with Crippen molar-refractivity contribution >= 4 is 18.1 Å². The van der Waals surface area contributed by atoms with Crippen LogP contribution in [0.4, 0.5) is 10.1 Å². The van der Waals surface area contributed by atoms with Gasteiger partial charge in [0.1, 0.15) is 13.0 Å². The number of hydrogen-bond donors (Lipinski definition) is 1. The molecule has 0 amide bonds. The Kier molecular flexibility index (Phi) is 2.25. The Labute approximate surface area is 71.0 Å². The van der Waals surface area contributed by atoms with Gasteiger partial charge in [0.2, 0.25) is 0 Å². The molecule has 0 saturated carbocycles. The van der Waals surface area contributed by atoms with Crippen LogP contribution in [0, 0.1) is 5.82 Å². The number of benzene rings is 1. The first-order chi connectivity index (χ1) is 5.41. The van der Waals surface area contributed by atoms with Crippen LogP contribution < -0.4 is 11.0 Å². The van der Waals surface area contributed by atoms with Crippen molar-refractivity contribution in [3.8, 4) is 0 Å². The van der Waals surface area contributed by atoms with Crippen LogP contribution in [-0.2, 0) is 4.57 Å². The van der Waals surface area contributed by atoms with E-state index in [4.69, 9.17) is 5.73 Å². The minimum atomic E-state index is -2.31. The highest BCUT2D eigenvalue weighted by Crippen LogP contribution is 2.35. The van der Waals surface area contributed by atoms with Crippen molar-refractivity contribution in [2.24, 2.45) is 0 Å². The van der Waals surface area contributed by atoms with E-state index < -0.39 is 13.0 Å². The molecule has 0 unspecified atom stereocenters. The quantitative estimate of drug-likeness (QED) is 0.536. The molecule has 0 aromatic heterocycles. The van der Waals surface area contributed by atoms with Gasteiger partial charge < -0.3 is 10.3 Å². The predicted octanol–water partition coefficient (Wildman–Crippen LogP) is 1.66. The van der Waals surface area contributed by atoms with Crippen molar-refractivity contribution in [3.63, 3.8) is 0 Å². The molecule has 0 aliphatic rings. The van der Waals surface area contributed by atoms with E-state index in [9.17, 15) is 8.96 Å². The number of halogens is 1. The lowest BCUT2D eigenvalue weighted by atomic mass is 10.3. The summed E-state index contributed by atoms with van der Waals surface area (Å²) in [5.41, 5.74) is 5.37. The highest BCUT2D eigenvalue weighted by molar-refractivity contribution is 7.70. The molecule has 0 bridgehead atoms. The molecule has 0 radical (unpaired) electrons. The number of rotatable bonds is 1. The molecule has 2 nitrogen and oxygen atoms in total. The Morgan fingerprint density at radius 3 is 2.42 bits per heavy atom. The highest BCUT2D eigenvalue weighted by atomic mass is 31.2. The molecule has 0 aliphatic heterocycles. The van der Waals surface area contributed by atoms with E-state index in [-0.39, 0.29) is 5.69 Å². The van der Waals surface area contributed by atoms with Crippen LogP contribution in [0.25, 0.3) is 0 Å².